The SMILES string of the molecule is COC(Cn1c(NC(=O)c2ccccc2Cl)c(C#N)c2nc3ccccc3nc21)c1ccccc1. The topological polar surface area (TPSA) is 92.8 Å². The fourth-order valence-electron chi connectivity index (χ4n) is 4.08. The molecule has 172 valence electrons. The Kier molecular flexibility index (Phi) is 6.15. The molecule has 0 fully saturated rings. The number of hydrogen-bond donors (Lipinski definition) is 1. The number of ether oxygens (including phenoxy) is 1. The highest BCUT2D eigenvalue weighted by Gasteiger charge is 2.25. The summed E-state index contributed by atoms with van der Waals surface area (Å²) in [6.07, 6.45) is -0.359. The van der Waals surface area contributed by atoms with Crippen LogP contribution >= 0.6 is 11.6 Å². The predicted molar refractivity (Wildman–Crippen MR) is 135 cm³/mol. The number of fused-ring (bicyclic) bond motifs is 2. The smallest absolute Gasteiger partial charge is 0.258 e. The molecule has 0 saturated heterocycles. The highest BCUT2D eigenvalue weighted by molar-refractivity contribution is 6.34. The maximum Gasteiger partial charge on any atom is 0.258 e. The number of anilines is 1. The third-order valence-electron chi connectivity index (χ3n) is 5.82. The molecule has 0 aliphatic heterocycles. The van der Waals surface area contributed by atoms with Crippen LogP contribution in [0.15, 0.2) is 78.9 Å². The molecule has 5 rings (SSSR count). The summed E-state index contributed by atoms with van der Waals surface area (Å²) in [7, 11) is 1.62. The predicted octanol–water partition coefficient (Wildman–Crippen LogP) is 5.75. The van der Waals surface area contributed by atoms with Gasteiger partial charge in [-0.1, -0.05) is 66.2 Å². The van der Waals surface area contributed by atoms with E-state index in [9.17, 15) is 10.1 Å². The molecule has 2 aromatic heterocycles. The molecular formula is C27H20ClN5O2. The van der Waals surface area contributed by atoms with Crippen molar-refractivity contribution in [2.24, 2.45) is 0 Å². The van der Waals surface area contributed by atoms with Crippen molar-refractivity contribution in [3.05, 3.63) is 101 Å². The third kappa shape index (κ3) is 4.21. The normalized spacial score (nSPS) is 11.9. The Labute approximate surface area is 206 Å². The summed E-state index contributed by atoms with van der Waals surface area (Å²) in [5.74, 6) is -0.143. The number of carbonyl (C=O) groups excluding carboxylic acids is 1. The van der Waals surface area contributed by atoms with Gasteiger partial charge in [0.1, 0.15) is 29.1 Å². The van der Waals surface area contributed by atoms with Crippen LogP contribution in [-0.2, 0) is 11.3 Å². The lowest BCUT2D eigenvalue weighted by atomic mass is 10.1. The fourth-order valence-corrected chi connectivity index (χ4v) is 4.30. The quantitative estimate of drug-likeness (QED) is 0.333. The van der Waals surface area contributed by atoms with E-state index in [0.717, 1.165) is 5.56 Å². The number of aromatic nitrogens is 3. The van der Waals surface area contributed by atoms with Gasteiger partial charge in [0, 0.05) is 7.11 Å². The number of benzene rings is 3. The summed E-state index contributed by atoms with van der Waals surface area (Å²) < 4.78 is 7.58. The van der Waals surface area contributed by atoms with Crippen LogP contribution in [0.5, 0.6) is 0 Å². The second-order valence-corrected chi connectivity index (χ2v) is 8.31. The molecule has 8 heteroatoms. The maximum absolute atomic E-state index is 13.2. The van der Waals surface area contributed by atoms with E-state index in [1.54, 1.807) is 35.9 Å². The summed E-state index contributed by atoms with van der Waals surface area (Å²) in [4.78, 5) is 22.7. The standard InChI is InChI=1S/C27H20ClN5O2/c1-35-23(17-9-3-2-4-10-17)16-33-25(32-27(34)18-11-5-6-12-20(18)28)19(15-29)24-26(33)31-22-14-8-7-13-21(22)30-24/h2-14,23H,16H2,1H3,(H,32,34). The van der Waals surface area contributed by atoms with Crippen LogP contribution in [0, 0.1) is 11.3 Å². The number of methoxy groups -OCH3 is 1. The lowest BCUT2D eigenvalue weighted by Gasteiger charge is -2.19. The molecule has 0 aliphatic rings. The summed E-state index contributed by atoms with van der Waals surface area (Å²) in [5.41, 5.74) is 3.70. The minimum atomic E-state index is -0.436. The van der Waals surface area contributed by atoms with Crippen molar-refractivity contribution in [3.8, 4) is 6.07 Å². The number of nitriles is 1. The number of carbonyl (C=O) groups is 1. The molecule has 5 aromatic rings. The average Bonchev–Trinajstić information content (AvgIpc) is 3.17. The van der Waals surface area contributed by atoms with Crippen molar-refractivity contribution in [2.45, 2.75) is 12.6 Å². The zero-order valence-corrected chi connectivity index (χ0v) is 19.5. The molecule has 3 aromatic carbocycles. The number of nitrogens with one attached hydrogen (secondary N) is 1. The Bertz CT molecular complexity index is 1590. The zero-order valence-electron chi connectivity index (χ0n) is 18.8. The molecule has 0 bridgehead atoms. The largest absolute Gasteiger partial charge is 0.375 e. The van der Waals surface area contributed by atoms with Gasteiger partial charge in [0.2, 0.25) is 0 Å². The lowest BCUT2D eigenvalue weighted by Crippen LogP contribution is -2.19. The molecule has 0 aliphatic carbocycles. The molecule has 0 spiro atoms. The Hall–Kier alpha value is -4.25. The zero-order chi connectivity index (χ0) is 24.4. The molecule has 1 amide bonds. The van der Waals surface area contributed by atoms with Crippen molar-refractivity contribution in [1.29, 1.82) is 5.26 Å². The van der Waals surface area contributed by atoms with Crippen molar-refractivity contribution in [1.82, 2.24) is 14.5 Å². The first kappa shape index (κ1) is 22.5. The Balaban J connectivity index is 1.70. The van der Waals surface area contributed by atoms with Gasteiger partial charge >= 0.3 is 0 Å². The highest BCUT2D eigenvalue weighted by atomic mass is 35.5. The number of nitrogens with zero attached hydrogens (tertiary/aromatic N) is 4. The third-order valence-corrected chi connectivity index (χ3v) is 6.15. The van der Waals surface area contributed by atoms with E-state index in [0.29, 0.717) is 45.1 Å². The first-order valence-corrected chi connectivity index (χ1v) is 11.3. The van der Waals surface area contributed by atoms with Crippen LogP contribution in [0.1, 0.15) is 27.6 Å². The van der Waals surface area contributed by atoms with Crippen LogP contribution in [0.3, 0.4) is 0 Å². The molecular weight excluding hydrogens is 462 g/mol. The van der Waals surface area contributed by atoms with Gasteiger partial charge in [-0.05, 0) is 29.8 Å². The summed E-state index contributed by atoms with van der Waals surface area (Å²) in [6.45, 7) is 0.295. The van der Waals surface area contributed by atoms with Gasteiger partial charge < -0.3 is 14.6 Å². The number of hydrogen-bond acceptors (Lipinski definition) is 5. The number of para-hydroxylation sites is 2. The Morgan fingerprint density at radius 1 is 1.03 bits per heavy atom. The molecule has 2 heterocycles. The maximum atomic E-state index is 13.2. The van der Waals surface area contributed by atoms with E-state index in [1.807, 2.05) is 54.6 Å². The van der Waals surface area contributed by atoms with Crippen molar-refractivity contribution < 1.29 is 9.53 Å². The molecule has 0 saturated carbocycles. The molecule has 35 heavy (non-hydrogen) atoms. The summed E-state index contributed by atoms with van der Waals surface area (Å²) in [6, 6.07) is 26.1. The number of amides is 1. The van der Waals surface area contributed by atoms with Crippen LogP contribution in [0.25, 0.3) is 22.2 Å². The first-order chi connectivity index (χ1) is 17.1. The van der Waals surface area contributed by atoms with E-state index in [-0.39, 0.29) is 11.7 Å². The van der Waals surface area contributed by atoms with Crippen molar-refractivity contribution in [3.63, 3.8) is 0 Å². The second kappa shape index (κ2) is 9.55. The average molecular weight is 482 g/mol. The van der Waals surface area contributed by atoms with Gasteiger partial charge in [-0.2, -0.15) is 5.26 Å². The Morgan fingerprint density at radius 3 is 2.37 bits per heavy atom. The first-order valence-electron chi connectivity index (χ1n) is 10.9. The summed E-state index contributed by atoms with van der Waals surface area (Å²) >= 11 is 6.26. The van der Waals surface area contributed by atoms with Gasteiger partial charge in [-0.15, -0.1) is 0 Å². The highest BCUT2D eigenvalue weighted by Crippen LogP contribution is 2.32. The monoisotopic (exact) mass is 481 g/mol. The number of halogens is 1. The molecule has 1 unspecified atom stereocenters. The van der Waals surface area contributed by atoms with E-state index in [4.69, 9.17) is 26.3 Å². The van der Waals surface area contributed by atoms with Crippen molar-refractivity contribution >= 4 is 45.5 Å². The van der Waals surface area contributed by atoms with E-state index in [1.165, 1.54) is 0 Å². The molecule has 1 atom stereocenters. The lowest BCUT2D eigenvalue weighted by molar-refractivity contribution is 0.0890. The summed E-state index contributed by atoms with van der Waals surface area (Å²) in [5, 5.41) is 13.3. The van der Waals surface area contributed by atoms with E-state index in [2.05, 4.69) is 11.4 Å². The van der Waals surface area contributed by atoms with E-state index >= 15 is 0 Å². The van der Waals surface area contributed by atoms with Crippen LogP contribution in [-0.4, -0.2) is 27.6 Å². The minimum Gasteiger partial charge on any atom is -0.375 e. The Morgan fingerprint density at radius 2 is 1.69 bits per heavy atom. The molecule has 0 radical (unpaired) electrons. The van der Waals surface area contributed by atoms with Crippen LogP contribution < -0.4 is 5.32 Å². The minimum absolute atomic E-state index is 0.224. The van der Waals surface area contributed by atoms with Gasteiger partial charge in [0.15, 0.2) is 5.65 Å². The van der Waals surface area contributed by atoms with E-state index < -0.39 is 5.91 Å². The number of rotatable bonds is 6. The van der Waals surface area contributed by atoms with Gasteiger partial charge in [0.05, 0.1) is 28.2 Å². The molecule has 7 nitrogen and oxygen atoms in total. The van der Waals surface area contributed by atoms with Gasteiger partial charge in [0.25, 0.3) is 5.91 Å². The fraction of sp³-hybridized carbons (Fsp3) is 0.111. The van der Waals surface area contributed by atoms with Crippen molar-refractivity contribution in [2.75, 3.05) is 12.4 Å². The van der Waals surface area contributed by atoms with Gasteiger partial charge in [-0.3, -0.25) is 4.79 Å². The second-order valence-electron chi connectivity index (χ2n) is 7.90. The molecule has 1 N–H and O–H groups in total. The van der Waals surface area contributed by atoms with Crippen LogP contribution in [0.4, 0.5) is 5.82 Å². The van der Waals surface area contributed by atoms with Gasteiger partial charge in [-0.25, -0.2) is 9.97 Å². The van der Waals surface area contributed by atoms with Crippen LogP contribution in [0.2, 0.25) is 5.02 Å².